The number of hydrogen-bond acceptors (Lipinski definition) is 3. The van der Waals surface area contributed by atoms with Crippen LogP contribution in [0.5, 0.6) is 0 Å². The molecule has 1 unspecified atom stereocenters. The minimum absolute atomic E-state index is 0.584. The third-order valence-corrected chi connectivity index (χ3v) is 2.44. The fourth-order valence-electron chi connectivity index (χ4n) is 0.755. The Morgan fingerprint density at radius 2 is 2.00 bits per heavy atom. The van der Waals surface area contributed by atoms with E-state index in [-0.39, 0.29) is 0 Å². The normalized spacial score (nSPS) is 12.5. The smallest absolute Gasteiger partial charge is 0.0453 e. The Hall–Kier alpha value is -0.520. The van der Waals surface area contributed by atoms with Crippen LogP contribution in [0.3, 0.4) is 0 Å². The average Bonchev–Trinajstić information content (AvgIpc) is 2.05. The Morgan fingerprint density at radius 3 is 2.42 bits per heavy atom. The second kappa shape index (κ2) is 4.49. The number of anilines is 1. The van der Waals surface area contributed by atoms with Crippen LogP contribution >= 0.6 is 11.8 Å². The van der Waals surface area contributed by atoms with Crippen molar-refractivity contribution in [3.05, 3.63) is 24.3 Å². The molecule has 12 heavy (non-hydrogen) atoms. The molecule has 1 aromatic carbocycles. The molecule has 0 aliphatic carbocycles. The van der Waals surface area contributed by atoms with Gasteiger partial charge >= 0.3 is 0 Å². The van der Waals surface area contributed by atoms with Crippen molar-refractivity contribution in [1.82, 2.24) is 0 Å². The summed E-state index contributed by atoms with van der Waals surface area (Å²) in [5.74, 6) is 0. The van der Waals surface area contributed by atoms with Crippen LogP contribution in [0, 0.1) is 0 Å². The van der Waals surface area contributed by atoms with E-state index in [0.29, 0.717) is 5.69 Å². The minimum Gasteiger partial charge on any atom is -0.755 e. The van der Waals surface area contributed by atoms with E-state index in [1.165, 1.54) is 0 Å². The molecule has 1 N–H and O–H groups in total. The Balaban J connectivity index is 2.71. The average molecular weight is 202 g/mol. The summed E-state index contributed by atoms with van der Waals surface area (Å²) in [5, 5.41) is 0. The third-order valence-electron chi connectivity index (χ3n) is 1.29. The van der Waals surface area contributed by atoms with Gasteiger partial charge in [-0.15, -0.1) is 11.8 Å². The second-order valence-electron chi connectivity index (χ2n) is 2.07. The molecule has 0 spiro atoms. The molecule has 0 aliphatic rings. The van der Waals surface area contributed by atoms with Gasteiger partial charge in [-0.2, -0.15) is 0 Å². The molecule has 0 aromatic heterocycles. The van der Waals surface area contributed by atoms with E-state index < -0.39 is 11.3 Å². The molecule has 0 heterocycles. The van der Waals surface area contributed by atoms with Crippen molar-refractivity contribution in [2.45, 2.75) is 4.90 Å². The van der Waals surface area contributed by atoms with Gasteiger partial charge in [-0.25, -0.2) is 0 Å². The lowest BCUT2D eigenvalue weighted by Gasteiger charge is -2.08. The highest BCUT2D eigenvalue weighted by molar-refractivity contribution is 7.98. The van der Waals surface area contributed by atoms with E-state index in [9.17, 15) is 8.76 Å². The molecule has 0 fully saturated rings. The molecular formula is C7H8NO2S2-. The zero-order chi connectivity index (χ0) is 8.97. The van der Waals surface area contributed by atoms with Crippen molar-refractivity contribution in [2.75, 3.05) is 11.0 Å². The fraction of sp³-hybridized carbons (Fsp3) is 0.143. The molecule has 0 saturated heterocycles. The van der Waals surface area contributed by atoms with Gasteiger partial charge in [-0.1, -0.05) is 0 Å². The molecule has 5 heteroatoms. The van der Waals surface area contributed by atoms with E-state index >= 15 is 0 Å². The summed E-state index contributed by atoms with van der Waals surface area (Å²) in [5.41, 5.74) is 0.584. The largest absolute Gasteiger partial charge is 0.755 e. The van der Waals surface area contributed by atoms with E-state index in [1.807, 2.05) is 18.4 Å². The molecule has 66 valence electrons. The molecule has 0 saturated carbocycles. The molecule has 0 bridgehead atoms. The van der Waals surface area contributed by atoms with E-state index in [2.05, 4.69) is 4.72 Å². The second-order valence-corrected chi connectivity index (χ2v) is 3.62. The maximum absolute atomic E-state index is 10.2. The molecule has 0 radical (unpaired) electrons. The number of rotatable bonds is 3. The van der Waals surface area contributed by atoms with Crippen molar-refractivity contribution in [1.29, 1.82) is 0 Å². The zero-order valence-corrected chi connectivity index (χ0v) is 8.08. The molecule has 1 rings (SSSR count). The highest BCUT2D eigenvalue weighted by Gasteiger charge is 1.91. The quantitative estimate of drug-likeness (QED) is 0.598. The van der Waals surface area contributed by atoms with Crippen molar-refractivity contribution in [2.24, 2.45) is 0 Å². The first-order valence-corrected chi connectivity index (χ1v) is 5.52. The number of benzene rings is 1. The Bertz CT molecular complexity index is 273. The lowest BCUT2D eigenvalue weighted by molar-refractivity contribution is 0.542. The first-order chi connectivity index (χ1) is 5.72. The molecule has 1 aromatic rings. The summed E-state index contributed by atoms with van der Waals surface area (Å²) in [7, 11) is 0. The zero-order valence-electron chi connectivity index (χ0n) is 6.44. The molecule has 0 amide bonds. The van der Waals surface area contributed by atoms with Gasteiger partial charge < -0.3 is 9.27 Å². The van der Waals surface area contributed by atoms with E-state index in [0.717, 1.165) is 4.90 Å². The summed E-state index contributed by atoms with van der Waals surface area (Å²) in [6.45, 7) is 0. The Kier molecular flexibility index (Phi) is 3.58. The van der Waals surface area contributed by atoms with Crippen LogP contribution < -0.4 is 4.72 Å². The summed E-state index contributed by atoms with van der Waals surface area (Å²) >= 11 is -0.617. The van der Waals surface area contributed by atoms with E-state index in [4.69, 9.17) is 0 Å². The van der Waals surface area contributed by atoms with Gasteiger partial charge in [0.05, 0.1) is 0 Å². The minimum atomic E-state index is -2.23. The van der Waals surface area contributed by atoms with Gasteiger partial charge in [0.15, 0.2) is 0 Å². The van der Waals surface area contributed by atoms with Crippen LogP contribution in [0.1, 0.15) is 0 Å². The van der Waals surface area contributed by atoms with Crippen molar-refractivity contribution in [3.8, 4) is 0 Å². The first-order valence-electron chi connectivity index (χ1n) is 3.22. The van der Waals surface area contributed by atoms with Crippen molar-refractivity contribution < 1.29 is 8.76 Å². The van der Waals surface area contributed by atoms with Gasteiger partial charge in [0, 0.05) is 21.8 Å². The number of hydrogen-bond donors (Lipinski definition) is 1. The number of thioether (sulfide) groups is 1. The Morgan fingerprint density at radius 1 is 1.42 bits per heavy atom. The lowest BCUT2D eigenvalue weighted by Crippen LogP contribution is -2.01. The highest BCUT2D eigenvalue weighted by atomic mass is 32.2. The van der Waals surface area contributed by atoms with Gasteiger partial charge in [0.2, 0.25) is 0 Å². The summed E-state index contributed by atoms with van der Waals surface area (Å²) in [6.07, 6.45) is 1.97. The first kappa shape index (κ1) is 9.57. The molecule has 1 atom stereocenters. The van der Waals surface area contributed by atoms with Crippen LogP contribution in [0.4, 0.5) is 5.69 Å². The standard InChI is InChI=1S/C7H9NO2S2/c1-11-7-4-2-6(3-5-7)8-12(9)10/h2-5,8H,1H3,(H,9,10)/p-1. The highest BCUT2D eigenvalue weighted by Crippen LogP contribution is 2.17. The van der Waals surface area contributed by atoms with Crippen LogP contribution in [0.2, 0.25) is 0 Å². The van der Waals surface area contributed by atoms with Gasteiger partial charge in [0.1, 0.15) is 0 Å². The topological polar surface area (TPSA) is 52.2 Å². The molecule has 0 aliphatic heterocycles. The van der Waals surface area contributed by atoms with E-state index in [1.54, 1.807) is 23.9 Å². The van der Waals surface area contributed by atoms with Gasteiger partial charge in [-0.05, 0) is 30.5 Å². The maximum atomic E-state index is 10.2. The fourth-order valence-corrected chi connectivity index (χ4v) is 1.49. The van der Waals surface area contributed by atoms with Gasteiger partial charge in [-0.3, -0.25) is 4.21 Å². The monoisotopic (exact) mass is 202 g/mol. The SMILES string of the molecule is CSc1ccc(NS(=O)[O-])cc1. The van der Waals surface area contributed by atoms with Crippen molar-refractivity contribution in [3.63, 3.8) is 0 Å². The predicted molar refractivity (Wildman–Crippen MR) is 50.8 cm³/mol. The van der Waals surface area contributed by atoms with Crippen LogP contribution in [-0.4, -0.2) is 15.0 Å². The molecular weight excluding hydrogens is 194 g/mol. The summed E-state index contributed by atoms with van der Waals surface area (Å²) in [4.78, 5) is 1.11. The third kappa shape index (κ3) is 2.84. The molecule has 3 nitrogen and oxygen atoms in total. The van der Waals surface area contributed by atoms with Crippen LogP contribution in [-0.2, 0) is 11.3 Å². The van der Waals surface area contributed by atoms with Crippen LogP contribution in [0.15, 0.2) is 29.2 Å². The Labute approximate surface area is 78.0 Å². The predicted octanol–water partition coefficient (Wildman–Crippen LogP) is 1.61. The van der Waals surface area contributed by atoms with Crippen LogP contribution in [0.25, 0.3) is 0 Å². The summed E-state index contributed by atoms with van der Waals surface area (Å²) < 4.78 is 22.7. The van der Waals surface area contributed by atoms with Gasteiger partial charge in [0.25, 0.3) is 0 Å². The maximum Gasteiger partial charge on any atom is 0.0453 e. The van der Waals surface area contributed by atoms with Crippen molar-refractivity contribution >= 4 is 28.7 Å². The number of nitrogens with one attached hydrogen (secondary N) is 1. The summed E-state index contributed by atoms with van der Waals surface area (Å²) in [6, 6.07) is 7.17. The lowest BCUT2D eigenvalue weighted by atomic mass is 10.3.